The number of hydrogen-bond acceptors (Lipinski definition) is 6. The van der Waals surface area contributed by atoms with Gasteiger partial charge in [0.15, 0.2) is 0 Å². The molecular formula is C14H26N2O10P2. The van der Waals surface area contributed by atoms with Crippen molar-refractivity contribution in [3.05, 3.63) is 24.3 Å². The first-order chi connectivity index (χ1) is 12.8. The van der Waals surface area contributed by atoms with Gasteiger partial charge in [-0.2, -0.15) is 0 Å². The Morgan fingerprint density at radius 2 is 1.07 bits per heavy atom. The van der Waals surface area contributed by atoms with Gasteiger partial charge in [-0.15, -0.1) is 0 Å². The molecule has 0 aromatic heterocycles. The zero-order valence-corrected chi connectivity index (χ0v) is 17.0. The molecule has 6 N–H and O–H groups in total. The van der Waals surface area contributed by atoms with Gasteiger partial charge in [-0.25, -0.2) is 0 Å². The van der Waals surface area contributed by atoms with E-state index < -0.39 is 39.3 Å². The van der Waals surface area contributed by atoms with Gasteiger partial charge in [-0.3, -0.25) is 18.7 Å². The van der Waals surface area contributed by atoms with Crippen molar-refractivity contribution in [2.75, 3.05) is 51.8 Å². The Morgan fingerprint density at radius 3 is 1.36 bits per heavy atom. The minimum atomic E-state index is -4.15. The minimum absolute atomic E-state index is 0.0555. The van der Waals surface area contributed by atoms with Crippen LogP contribution in [0.3, 0.4) is 0 Å². The molecule has 2 amide bonds. The van der Waals surface area contributed by atoms with E-state index >= 15 is 0 Å². The Labute approximate surface area is 162 Å². The Kier molecular flexibility index (Phi) is 12.3. The average Bonchev–Trinajstić information content (AvgIpc) is 2.56. The second-order valence-corrected chi connectivity index (χ2v) is 9.15. The van der Waals surface area contributed by atoms with Gasteiger partial charge >= 0.3 is 15.2 Å². The number of rotatable bonds is 15. The van der Waals surface area contributed by atoms with Crippen molar-refractivity contribution >= 4 is 27.0 Å². The monoisotopic (exact) mass is 444 g/mol. The van der Waals surface area contributed by atoms with Crippen molar-refractivity contribution < 1.29 is 47.8 Å². The molecule has 14 heteroatoms. The first-order valence-corrected chi connectivity index (χ1v) is 11.6. The molecule has 0 bridgehead atoms. The Balaban J connectivity index is 3.86. The van der Waals surface area contributed by atoms with Gasteiger partial charge in [0.25, 0.3) is 0 Å². The number of ether oxygens (including phenoxy) is 2. The maximum absolute atomic E-state index is 11.7. The first kappa shape index (κ1) is 26.6. The van der Waals surface area contributed by atoms with Crippen molar-refractivity contribution in [3.63, 3.8) is 0 Å². The second-order valence-electron chi connectivity index (χ2n) is 5.60. The predicted molar refractivity (Wildman–Crippen MR) is 99.8 cm³/mol. The Morgan fingerprint density at radius 1 is 0.750 bits per heavy atom. The van der Waals surface area contributed by atoms with E-state index in [1.807, 2.05) is 0 Å². The van der Waals surface area contributed by atoms with Crippen LogP contribution in [0.5, 0.6) is 0 Å². The molecule has 28 heavy (non-hydrogen) atoms. The lowest BCUT2D eigenvalue weighted by Gasteiger charge is -2.11. The second kappa shape index (κ2) is 13.0. The van der Waals surface area contributed by atoms with E-state index in [1.165, 1.54) is 0 Å². The summed E-state index contributed by atoms with van der Waals surface area (Å²) in [5, 5.41) is 4.94. The third kappa shape index (κ3) is 15.7. The molecule has 162 valence electrons. The van der Waals surface area contributed by atoms with Crippen LogP contribution in [0.25, 0.3) is 0 Å². The third-order valence-electron chi connectivity index (χ3n) is 2.94. The van der Waals surface area contributed by atoms with Crippen LogP contribution >= 0.6 is 15.2 Å². The number of nitrogens with one attached hydrogen (secondary N) is 2. The van der Waals surface area contributed by atoms with Gasteiger partial charge in [0.05, 0.1) is 38.8 Å². The maximum Gasteiger partial charge on any atom is 0.327 e. The largest absolute Gasteiger partial charge is 0.376 e. The van der Waals surface area contributed by atoms with Crippen LogP contribution in [0.4, 0.5) is 0 Å². The summed E-state index contributed by atoms with van der Waals surface area (Å²) >= 11 is 0. The fourth-order valence-corrected chi connectivity index (χ4v) is 2.22. The molecule has 0 aromatic rings. The molecule has 0 aliphatic heterocycles. The highest BCUT2D eigenvalue weighted by Crippen LogP contribution is 2.33. The standard InChI is InChI=1S/C14H26N2O10P2/c1-11(9-25-5-7-27(19,20)21)13(17)15-3-4-16-14(18)12(2)10-26-6-8-28(22,23)24/h1-10H2,(H,15,17)(H,16,18)(H2,19,20,21)(H2,22,23,24). The molecule has 0 saturated carbocycles. The molecule has 0 aliphatic carbocycles. The van der Waals surface area contributed by atoms with Crippen LogP contribution in [0.1, 0.15) is 0 Å². The number of carbonyl (C=O) groups excluding carboxylic acids is 2. The minimum Gasteiger partial charge on any atom is -0.376 e. The Hall–Kier alpha value is -1.36. The molecule has 0 rings (SSSR count). The zero-order valence-electron chi connectivity index (χ0n) is 15.2. The van der Waals surface area contributed by atoms with Crippen molar-refractivity contribution in [2.24, 2.45) is 0 Å². The summed E-state index contributed by atoms with van der Waals surface area (Å²) in [7, 11) is -8.30. The summed E-state index contributed by atoms with van der Waals surface area (Å²) in [5.41, 5.74) is 0.111. The molecule has 0 aliphatic rings. The van der Waals surface area contributed by atoms with Gasteiger partial charge in [0.1, 0.15) is 0 Å². The molecule has 12 nitrogen and oxygen atoms in total. The molecule has 0 unspecified atom stereocenters. The molecule has 0 aromatic carbocycles. The van der Waals surface area contributed by atoms with Gasteiger partial charge in [-0.1, -0.05) is 13.2 Å². The number of carbonyl (C=O) groups is 2. The van der Waals surface area contributed by atoms with Crippen LogP contribution in [0.2, 0.25) is 0 Å². The number of amides is 2. The highest BCUT2D eigenvalue weighted by molar-refractivity contribution is 7.52. The SMILES string of the molecule is C=C(COCCP(=O)(O)O)C(=O)NCCNC(=O)C(=C)COCCP(=O)(O)O. The van der Waals surface area contributed by atoms with Crippen molar-refractivity contribution in [1.29, 1.82) is 0 Å². The fourth-order valence-electron chi connectivity index (χ4n) is 1.49. The lowest BCUT2D eigenvalue weighted by Crippen LogP contribution is -2.36. The summed E-state index contributed by atoms with van der Waals surface area (Å²) < 4.78 is 31.1. The molecule has 0 radical (unpaired) electrons. The van der Waals surface area contributed by atoms with E-state index in [2.05, 4.69) is 23.8 Å². The topological polar surface area (TPSA) is 192 Å². The molecule has 0 atom stereocenters. The summed E-state index contributed by atoms with van der Waals surface area (Å²) in [4.78, 5) is 58.1. The van der Waals surface area contributed by atoms with E-state index in [0.29, 0.717) is 0 Å². The quantitative estimate of drug-likeness (QED) is 0.101. The van der Waals surface area contributed by atoms with Gasteiger partial charge in [-0.05, 0) is 0 Å². The van der Waals surface area contributed by atoms with Crippen LogP contribution in [0, 0.1) is 0 Å². The summed E-state index contributed by atoms with van der Waals surface area (Å²) in [6.07, 6.45) is -0.915. The summed E-state index contributed by atoms with van der Waals surface area (Å²) in [6.45, 7) is 6.31. The molecule has 0 spiro atoms. The molecule has 0 heterocycles. The van der Waals surface area contributed by atoms with Crippen LogP contribution in [-0.4, -0.2) is 83.2 Å². The van der Waals surface area contributed by atoms with E-state index in [4.69, 9.17) is 29.0 Å². The zero-order chi connectivity index (χ0) is 21.8. The average molecular weight is 444 g/mol. The van der Waals surface area contributed by atoms with E-state index in [-0.39, 0.29) is 50.7 Å². The summed E-state index contributed by atoms with van der Waals surface area (Å²) in [5.74, 6) is -1.07. The van der Waals surface area contributed by atoms with E-state index in [0.717, 1.165) is 0 Å². The lowest BCUT2D eigenvalue weighted by atomic mass is 10.3. The van der Waals surface area contributed by atoms with E-state index in [9.17, 15) is 18.7 Å². The van der Waals surface area contributed by atoms with Crippen molar-refractivity contribution in [2.45, 2.75) is 0 Å². The van der Waals surface area contributed by atoms with Crippen molar-refractivity contribution in [3.8, 4) is 0 Å². The predicted octanol–water partition coefficient (Wildman–Crippen LogP) is -1.28. The van der Waals surface area contributed by atoms with E-state index in [1.54, 1.807) is 0 Å². The third-order valence-corrected chi connectivity index (χ3v) is 4.48. The number of hydrogen-bond donors (Lipinski definition) is 6. The van der Waals surface area contributed by atoms with Crippen LogP contribution < -0.4 is 10.6 Å². The summed E-state index contributed by atoms with van der Waals surface area (Å²) in [6, 6.07) is 0. The maximum atomic E-state index is 11.7. The van der Waals surface area contributed by atoms with Crippen LogP contribution in [-0.2, 0) is 28.2 Å². The highest BCUT2D eigenvalue weighted by Gasteiger charge is 2.14. The molecule has 0 fully saturated rings. The first-order valence-electron chi connectivity index (χ1n) is 7.98. The highest BCUT2D eigenvalue weighted by atomic mass is 31.2. The van der Waals surface area contributed by atoms with Gasteiger partial charge < -0.3 is 39.7 Å². The lowest BCUT2D eigenvalue weighted by molar-refractivity contribution is -0.119. The fraction of sp³-hybridized carbons (Fsp3) is 0.571. The molecule has 0 saturated heterocycles. The molecular weight excluding hydrogens is 418 g/mol. The smallest absolute Gasteiger partial charge is 0.327 e. The normalized spacial score (nSPS) is 11.7. The van der Waals surface area contributed by atoms with Crippen molar-refractivity contribution in [1.82, 2.24) is 10.6 Å². The Bertz CT molecular complexity index is 599. The van der Waals surface area contributed by atoms with Crippen LogP contribution in [0.15, 0.2) is 24.3 Å². The van der Waals surface area contributed by atoms with Gasteiger partial charge in [0.2, 0.25) is 11.8 Å². The van der Waals surface area contributed by atoms with Gasteiger partial charge in [0, 0.05) is 24.2 Å².